The van der Waals surface area contributed by atoms with Gasteiger partial charge >= 0.3 is 0 Å². The van der Waals surface area contributed by atoms with Crippen molar-refractivity contribution in [1.29, 1.82) is 5.26 Å². The summed E-state index contributed by atoms with van der Waals surface area (Å²) < 4.78 is 2.38. The van der Waals surface area contributed by atoms with Gasteiger partial charge < -0.3 is 4.57 Å². The zero-order valence-corrected chi connectivity index (χ0v) is 32.6. The van der Waals surface area contributed by atoms with Gasteiger partial charge in [-0.25, -0.2) is 15.0 Å². The first-order valence-electron chi connectivity index (χ1n) is 19.7. The molecule has 0 atom stereocenters. The van der Waals surface area contributed by atoms with Crippen molar-refractivity contribution in [1.82, 2.24) is 19.5 Å². The van der Waals surface area contributed by atoms with Crippen LogP contribution >= 0.6 is 0 Å². The molecule has 5 nitrogen and oxygen atoms in total. The molecule has 0 unspecified atom stereocenters. The van der Waals surface area contributed by atoms with Crippen molar-refractivity contribution in [3.63, 3.8) is 0 Å². The number of benzene rings is 8. The van der Waals surface area contributed by atoms with Gasteiger partial charge in [-0.1, -0.05) is 152 Å². The Morgan fingerprint density at radius 2 is 0.864 bits per heavy atom. The molecule has 0 bridgehead atoms. The number of fused-ring (bicyclic) bond motifs is 3. The van der Waals surface area contributed by atoms with Gasteiger partial charge in [0.25, 0.3) is 0 Å². The van der Waals surface area contributed by atoms with Crippen molar-refractivity contribution < 1.29 is 0 Å². The number of aryl methyl sites for hydroxylation is 2. The van der Waals surface area contributed by atoms with Gasteiger partial charge in [-0.15, -0.1) is 0 Å². The summed E-state index contributed by atoms with van der Waals surface area (Å²) in [5.41, 5.74) is 15.3. The number of aromatic nitrogens is 4. The molecule has 10 aromatic rings. The second-order valence-electron chi connectivity index (χ2n) is 14.9. The van der Waals surface area contributed by atoms with Crippen molar-refractivity contribution in [2.75, 3.05) is 0 Å². The zero-order chi connectivity index (χ0) is 39.9. The third-order valence-electron chi connectivity index (χ3n) is 11.2. The van der Waals surface area contributed by atoms with E-state index >= 15 is 0 Å². The van der Waals surface area contributed by atoms with Crippen molar-refractivity contribution in [3.05, 3.63) is 205 Å². The van der Waals surface area contributed by atoms with Crippen LogP contribution in [0.25, 0.3) is 95.0 Å². The lowest BCUT2D eigenvalue weighted by Crippen LogP contribution is -2.04. The summed E-state index contributed by atoms with van der Waals surface area (Å²) in [6.45, 7) is 4.33. The Labute approximate surface area is 343 Å². The number of rotatable bonds is 7. The quantitative estimate of drug-likeness (QED) is 0.162. The second-order valence-corrected chi connectivity index (χ2v) is 14.9. The van der Waals surface area contributed by atoms with Crippen LogP contribution in [0, 0.1) is 25.2 Å². The van der Waals surface area contributed by atoms with Crippen LogP contribution in [-0.4, -0.2) is 19.5 Å². The van der Waals surface area contributed by atoms with Gasteiger partial charge in [0, 0.05) is 27.5 Å². The third-order valence-corrected chi connectivity index (χ3v) is 11.2. The van der Waals surface area contributed by atoms with Crippen LogP contribution in [0.2, 0.25) is 0 Å². The fourth-order valence-corrected chi connectivity index (χ4v) is 8.19. The lowest BCUT2D eigenvalue weighted by molar-refractivity contribution is 1.06. The lowest BCUT2D eigenvalue weighted by atomic mass is 9.98. The van der Waals surface area contributed by atoms with E-state index in [9.17, 15) is 5.26 Å². The van der Waals surface area contributed by atoms with E-state index in [1.807, 2.05) is 78.9 Å². The van der Waals surface area contributed by atoms with Crippen LogP contribution in [0.4, 0.5) is 0 Å². The Kier molecular flexibility index (Phi) is 8.93. The minimum absolute atomic E-state index is 0.560. The molecule has 0 saturated heterocycles. The molecule has 0 saturated carbocycles. The van der Waals surface area contributed by atoms with Gasteiger partial charge in [-0.3, -0.25) is 0 Å². The smallest absolute Gasteiger partial charge is 0.166 e. The van der Waals surface area contributed by atoms with Gasteiger partial charge in [-0.2, -0.15) is 5.26 Å². The standard InChI is InChI=1S/C54H37N5/c1-35-14-9-11-22-44(35)42-25-27-46-47-28-26-43(45-23-12-10-15-36(45)2)33-50(47)59(49(46)32-42)51-31-41(40-21-13-16-37(30-40)34-55)24-29-48(51)54-57-52(38-17-5-3-6-18-38)56-53(58-54)39-19-7-4-8-20-39/h3-33H,1-2H3. The molecule has 0 N–H and O–H groups in total. The normalized spacial score (nSPS) is 11.2. The van der Waals surface area contributed by atoms with Crippen LogP contribution in [0.1, 0.15) is 16.7 Å². The molecule has 0 aliphatic heterocycles. The molecule has 2 heterocycles. The molecule has 5 heteroatoms. The minimum Gasteiger partial charge on any atom is -0.308 e. The number of hydrogen-bond acceptors (Lipinski definition) is 4. The Morgan fingerprint density at radius 1 is 0.390 bits per heavy atom. The maximum atomic E-state index is 9.89. The molecule has 0 amide bonds. The molecule has 278 valence electrons. The molecule has 59 heavy (non-hydrogen) atoms. The van der Waals surface area contributed by atoms with Crippen molar-refractivity contribution >= 4 is 21.8 Å². The monoisotopic (exact) mass is 755 g/mol. The van der Waals surface area contributed by atoms with Crippen LogP contribution in [0.5, 0.6) is 0 Å². The molecular formula is C54H37N5. The first-order chi connectivity index (χ1) is 29.0. The summed E-state index contributed by atoms with van der Waals surface area (Å²) in [5, 5.41) is 12.2. The Hall–Kier alpha value is -7.94. The lowest BCUT2D eigenvalue weighted by Gasteiger charge is -2.17. The molecule has 0 aliphatic rings. The minimum atomic E-state index is 0.560. The topological polar surface area (TPSA) is 67.4 Å². The molecule has 8 aromatic carbocycles. The predicted molar refractivity (Wildman–Crippen MR) is 241 cm³/mol. The highest BCUT2D eigenvalue weighted by molar-refractivity contribution is 6.12. The highest BCUT2D eigenvalue weighted by atomic mass is 15.1. The summed E-state index contributed by atoms with van der Waals surface area (Å²) in [6.07, 6.45) is 0. The SMILES string of the molecule is Cc1ccccc1-c1ccc2c3ccc(-c4ccccc4C)cc3n(-c3cc(-c4cccc(C#N)c4)ccc3-c3nc(-c4ccccc4)nc(-c4ccccc4)n3)c2c1. The Morgan fingerprint density at radius 3 is 1.41 bits per heavy atom. The highest BCUT2D eigenvalue weighted by Gasteiger charge is 2.22. The molecule has 0 aliphatic carbocycles. The van der Waals surface area contributed by atoms with E-state index in [0.717, 1.165) is 66.4 Å². The summed E-state index contributed by atoms with van der Waals surface area (Å²) in [5.74, 6) is 1.75. The number of nitrogens with zero attached hydrogens (tertiary/aromatic N) is 5. The van der Waals surface area contributed by atoms with Gasteiger partial charge in [0.1, 0.15) is 0 Å². The maximum absolute atomic E-state index is 9.89. The first-order valence-corrected chi connectivity index (χ1v) is 19.7. The van der Waals surface area contributed by atoms with E-state index in [0.29, 0.717) is 23.0 Å². The predicted octanol–water partition coefficient (Wildman–Crippen LogP) is 13.5. The molecule has 0 spiro atoms. The fraction of sp³-hybridized carbons (Fsp3) is 0.0370. The van der Waals surface area contributed by atoms with Gasteiger partial charge in [0.15, 0.2) is 17.5 Å². The average molecular weight is 756 g/mol. The molecule has 2 aromatic heterocycles. The van der Waals surface area contributed by atoms with Gasteiger partial charge in [-0.05, 0) is 94.8 Å². The molecule has 0 fully saturated rings. The van der Waals surface area contributed by atoms with Crippen molar-refractivity contribution in [2.45, 2.75) is 13.8 Å². The average Bonchev–Trinajstić information content (AvgIpc) is 3.62. The van der Waals surface area contributed by atoms with E-state index < -0.39 is 0 Å². The Bertz CT molecular complexity index is 3090. The second kappa shape index (κ2) is 14.9. The summed E-state index contributed by atoms with van der Waals surface area (Å²) in [7, 11) is 0. The van der Waals surface area contributed by atoms with E-state index in [2.05, 4.69) is 134 Å². The largest absolute Gasteiger partial charge is 0.308 e. The van der Waals surface area contributed by atoms with Crippen LogP contribution in [0.3, 0.4) is 0 Å². The fourth-order valence-electron chi connectivity index (χ4n) is 8.19. The summed E-state index contributed by atoms with van der Waals surface area (Å²) in [6, 6.07) is 67.4. The highest BCUT2D eigenvalue weighted by Crippen LogP contribution is 2.41. The molecular weight excluding hydrogens is 719 g/mol. The van der Waals surface area contributed by atoms with Crippen molar-refractivity contribution in [3.8, 4) is 79.3 Å². The van der Waals surface area contributed by atoms with Gasteiger partial charge in [0.2, 0.25) is 0 Å². The molecule has 0 radical (unpaired) electrons. The number of nitriles is 1. The third kappa shape index (κ3) is 6.53. The number of hydrogen-bond donors (Lipinski definition) is 0. The van der Waals surface area contributed by atoms with E-state index in [4.69, 9.17) is 15.0 Å². The van der Waals surface area contributed by atoms with Crippen LogP contribution in [-0.2, 0) is 0 Å². The molecule has 10 rings (SSSR count). The van der Waals surface area contributed by atoms with E-state index in [1.54, 1.807) is 0 Å². The summed E-state index contributed by atoms with van der Waals surface area (Å²) >= 11 is 0. The van der Waals surface area contributed by atoms with E-state index in [1.165, 1.54) is 22.3 Å². The van der Waals surface area contributed by atoms with Crippen LogP contribution in [0.15, 0.2) is 188 Å². The van der Waals surface area contributed by atoms with Crippen molar-refractivity contribution in [2.24, 2.45) is 0 Å². The van der Waals surface area contributed by atoms with Gasteiger partial charge in [0.05, 0.1) is 28.4 Å². The van der Waals surface area contributed by atoms with E-state index in [-0.39, 0.29) is 0 Å². The van der Waals surface area contributed by atoms with Crippen LogP contribution < -0.4 is 0 Å². The first kappa shape index (κ1) is 35.5. The zero-order valence-electron chi connectivity index (χ0n) is 32.6. The Balaban J connectivity index is 1.32. The maximum Gasteiger partial charge on any atom is 0.166 e. The summed E-state index contributed by atoms with van der Waals surface area (Å²) in [4.78, 5) is 15.5.